The first kappa shape index (κ1) is 28.5. The van der Waals surface area contributed by atoms with Gasteiger partial charge < -0.3 is 24.3 Å². The number of nitrogen functional groups attached to an aromatic ring is 1. The Morgan fingerprint density at radius 2 is 1.85 bits per heavy atom. The van der Waals surface area contributed by atoms with Gasteiger partial charge in [0.2, 0.25) is 0 Å². The zero-order chi connectivity index (χ0) is 28.2. The van der Waals surface area contributed by atoms with E-state index in [0.717, 1.165) is 10.8 Å². The van der Waals surface area contributed by atoms with Crippen LogP contribution in [-0.4, -0.2) is 50.6 Å². The quantitative estimate of drug-likeness (QED) is 0.197. The molecule has 0 aliphatic carbocycles. The highest BCUT2D eigenvalue weighted by Crippen LogP contribution is 2.46. The Kier molecular flexibility index (Phi) is 8.54. The molecule has 11 nitrogen and oxygen atoms in total. The Labute approximate surface area is 227 Å². The van der Waals surface area contributed by atoms with Crippen LogP contribution in [0.15, 0.2) is 55.1 Å². The Balaban J connectivity index is 1.52. The van der Waals surface area contributed by atoms with Crippen molar-refractivity contribution in [2.24, 2.45) is 5.41 Å². The molecule has 0 spiro atoms. The molecule has 3 N–H and O–H groups in total. The van der Waals surface area contributed by atoms with E-state index in [1.165, 1.54) is 6.33 Å². The first-order valence-corrected chi connectivity index (χ1v) is 14.5. The summed E-state index contributed by atoms with van der Waals surface area (Å²) in [5.74, 6) is 0.182. The van der Waals surface area contributed by atoms with Crippen molar-refractivity contribution in [3.05, 3.63) is 55.1 Å². The molecule has 4 rings (SSSR count). The van der Waals surface area contributed by atoms with Gasteiger partial charge in [0.05, 0.1) is 25.6 Å². The maximum Gasteiger partial charge on any atom is 0.342 e. The molecule has 12 heteroatoms. The third kappa shape index (κ3) is 7.32. The van der Waals surface area contributed by atoms with Gasteiger partial charge in [0.1, 0.15) is 30.0 Å². The van der Waals surface area contributed by atoms with Crippen LogP contribution in [0, 0.1) is 5.41 Å². The van der Waals surface area contributed by atoms with Gasteiger partial charge in [-0.25, -0.2) is 20.0 Å². The van der Waals surface area contributed by atoms with Gasteiger partial charge in [-0.15, -0.1) is 0 Å². The van der Waals surface area contributed by atoms with Gasteiger partial charge in [-0.1, -0.05) is 57.2 Å². The van der Waals surface area contributed by atoms with Gasteiger partial charge in [-0.2, -0.15) is 0 Å². The van der Waals surface area contributed by atoms with Crippen LogP contribution in [-0.2, 0) is 25.4 Å². The average Bonchev–Trinajstić information content (AvgIpc) is 3.30. The average molecular weight is 555 g/mol. The molecule has 0 saturated heterocycles. The number of ether oxygens (including phenoxy) is 2. The summed E-state index contributed by atoms with van der Waals surface area (Å²) in [7, 11) is -3.76. The van der Waals surface area contributed by atoms with Crippen LogP contribution >= 0.6 is 7.52 Å². The third-order valence-electron chi connectivity index (χ3n) is 5.80. The molecule has 208 valence electrons. The number of fused-ring (bicyclic) bond motifs is 2. The lowest BCUT2D eigenvalue weighted by Gasteiger charge is -2.26. The minimum Gasteiger partial charge on any atom is -0.464 e. The second-order valence-corrected chi connectivity index (χ2v) is 12.7. The molecule has 39 heavy (non-hydrogen) atoms. The maximum absolute atomic E-state index is 14.2. The van der Waals surface area contributed by atoms with E-state index in [9.17, 15) is 9.36 Å². The number of nitrogens with zero attached hydrogens (tertiary/aromatic N) is 4. The topological polar surface area (TPSA) is 143 Å². The van der Waals surface area contributed by atoms with Crippen molar-refractivity contribution in [1.82, 2.24) is 24.6 Å². The molecule has 1 unspecified atom stereocenters. The predicted octanol–water partition coefficient (Wildman–Crippen LogP) is 4.76. The number of anilines is 1. The monoisotopic (exact) mass is 554 g/mol. The maximum atomic E-state index is 14.2. The van der Waals surface area contributed by atoms with Gasteiger partial charge in [-0.3, -0.25) is 9.36 Å². The van der Waals surface area contributed by atoms with E-state index in [0.29, 0.717) is 23.5 Å². The van der Waals surface area contributed by atoms with E-state index in [1.54, 1.807) is 23.9 Å². The highest BCUT2D eigenvalue weighted by Gasteiger charge is 2.32. The van der Waals surface area contributed by atoms with Crippen molar-refractivity contribution >= 4 is 41.2 Å². The number of imidazole rings is 1. The second-order valence-electron chi connectivity index (χ2n) is 10.7. The van der Waals surface area contributed by atoms with E-state index >= 15 is 0 Å². The molecule has 3 atom stereocenters. The van der Waals surface area contributed by atoms with E-state index in [1.807, 2.05) is 64.1 Å². The molecule has 0 aliphatic heterocycles. The summed E-state index contributed by atoms with van der Waals surface area (Å²) in [6.45, 7) is 9.91. The number of carbonyl (C=O) groups is 1. The second kappa shape index (κ2) is 11.7. The number of nitrogens with two attached hydrogens (primary N) is 1. The van der Waals surface area contributed by atoms with Crippen LogP contribution in [0.3, 0.4) is 0 Å². The molecule has 4 aromatic rings. The van der Waals surface area contributed by atoms with E-state index < -0.39 is 25.6 Å². The summed E-state index contributed by atoms with van der Waals surface area (Å²) in [5, 5.41) is 4.60. The van der Waals surface area contributed by atoms with Crippen molar-refractivity contribution < 1.29 is 23.4 Å². The van der Waals surface area contributed by atoms with Crippen LogP contribution in [0.2, 0.25) is 0 Å². The molecule has 2 aromatic heterocycles. The lowest BCUT2D eigenvalue weighted by Crippen LogP contribution is -2.37. The largest absolute Gasteiger partial charge is 0.464 e. The van der Waals surface area contributed by atoms with Crippen LogP contribution in [0.1, 0.15) is 34.6 Å². The van der Waals surface area contributed by atoms with Crippen molar-refractivity contribution in [1.29, 1.82) is 0 Å². The molecule has 0 amide bonds. The Morgan fingerprint density at radius 3 is 2.62 bits per heavy atom. The number of nitrogens with one attached hydrogen (secondary N) is 1. The summed E-state index contributed by atoms with van der Waals surface area (Å²) in [4.78, 5) is 25.2. The van der Waals surface area contributed by atoms with Gasteiger partial charge in [0.25, 0.3) is 0 Å². The van der Waals surface area contributed by atoms with E-state index in [2.05, 4.69) is 20.0 Å². The summed E-state index contributed by atoms with van der Waals surface area (Å²) in [5.41, 5.74) is 6.75. The summed E-state index contributed by atoms with van der Waals surface area (Å²) in [6, 6.07) is 12.2. The number of aromatic nitrogens is 4. The zero-order valence-electron chi connectivity index (χ0n) is 22.8. The van der Waals surface area contributed by atoms with Crippen molar-refractivity contribution in [2.45, 2.75) is 53.3 Å². The van der Waals surface area contributed by atoms with Crippen LogP contribution < -0.4 is 15.3 Å². The molecule has 0 aliphatic rings. The Hall–Kier alpha value is -3.53. The molecule has 0 fully saturated rings. The molecule has 2 heterocycles. The van der Waals surface area contributed by atoms with Crippen molar-refractivity contribution in [3.8, 4) is 5.75 Å². The number of esters is 1. The fraction of sp³-hybridized carbons (Fsp3) is 0.407. The van der Waals surface area contributed by atoms with Crippen molar-refractivity contribution in [3.63, 3.8) is 0 Å². The number of hydrogen-bond acceptors (Lipinski definition) is 9. The molecule has 0 saturated carbocycles. The Bertz CT molecular complexity index is 1500. The van der Waals surface area contributed by atoms with Crippen LogP contribution in [0.4, 0.5) is 5.82 Å². The van der Waals surface area contributed by atoms with Crippen LogP contribution in [0.5, 0.6) is 5.75 Å². The van der Waals surface area contributed by atoms with E-state index in [-0.39, 0.29) is 24.2 Å². The number of carbonyl (C=O) groups excluding carboxylic acids is 1. The van der Waals surface area contributed by atoms with Crippen LogP contribution in [0.25, 0.3) is 21.9 Å². The first-order chi connectivity index (χ1) is 18.4. The first-order valence-electron chi connectivity index (χ1n) is 12.7. The Morgan fingerprint density at radius 1 is 1.10 bits per heavy atom. The fourth-order valence-corrected chi connectivity index (χ4v) is 5.68. The molecular weight excluding hydrogens is 519 g/mol. The summed E-state index contributed by atoms with van der Waals surface area (Å²) >= 11 is 0. The van der Waals surface area contributed by atoms with Gasteiger partial charge in [0, 0.05) is 5.39 Å². The third-order valence-corrected chi connectivity index (χ3v) is 7.56. The zero-order valence-corrected chi connectivity index (χ0v) is 23.7. The lowest BCUT2D eigenvalue weighted by atomic mass is 9.99. The van der Waals surface area contributed by atoms with Gasteiger partial charge >= 0.3 is 13.5 Å². The highest BCUT2D eigenvalue weighted by atomic mass is 31.2. The number of rotatable bonds is 11. The molecule has 0 radical (unpaired) electrons. The standard InChI is InChI=1S/C27H35N6O5P/c1-18(13-33-16-31-23-24(28)29-15-30-25(23)33)37-17-39(35,32-19(2)26(34)36-14-27(3,4)5)38-22-12-8-10-20-9-6-7-11-21(20)22/h6-12,15-16,18-19H,13-14,17H2,1-5H3,(H,32,35)(H2,28,29,30)/t18-,19+,39?/m1/s1. The molecule has 2 aromatic carbocycles. The van der Waals surface area contributed by atoms with Gasteiger partial charge in [-0.05, 0) is 30.7 Å². The molecular formula is C27H35N6O5P. The smallest absolute Gasteiger partial charge is 0.342 e. The number of benzene rings is 2. The lowest BCUT2D eigenvalue weighted by molar-refractivity contribution is -0.148. The van der Waals surface area contributed by atoms with Gasteiger partial charge in [0.15, 0.2) is 11.5 Å². The van der Waals surface area contributed by atoms with E-state index in [4.69, 9.17) is 19.7 Å². The summed E-state index contributed by atoms with van der Waals surface area (Å²) in [6.07, 6.45) is 2.27. The SMILES string of the molecule is C[C@H](Cn1cnc2c(N)ncnc21)OCP(=O)(N[C@@H](C)C(=O)OCC(C)(C)C)Oc1cccc2ccccc12. The van der Waals surface area contributed by atoms with Crippen molar-refractivity contribution in [2.75, 3.05) is 18.7 Å². The summed E-state index contributed by atoms with van der Waals surface area (Å²) < 4.78 is 33.5. The normalized spacial score (nSPS) is 15.1. The highest BCUT2D eigenvalue weighted by molar-refractivity contribution is 7.57. The minimum atomic E-state index is -3.76. The predicted molar refractivity (Wildman–Crippen MR) is 150 cm³/mol. The number of hydrogen-bond donors (Lipinski definition) is 2. The fourth-order valence-electron chi connectivity index (χ4n) is 3.87. The molecule has 0 bridgehead atoms. The minimum absolute atomic E-state index is 0.204.